The van der Waals surface area contributed by atoms with Gasteiger partial charge in [-0.2, -0.15) is 0 Å². The Morgan fingerprint density at radius 2 is 1.65 bits per heavy atom. The molecule has 37 heavy (non-hydrogen) atoms. The number of esters is 1. The fraction of sp³-hybridized carbons (Fsp3) is 0.231. The zero-order valence-corrected chi connectivity index (χ0v) is 20.0. The number of rotatable bonds is 12. The van der Waals surface area contributed by atoms with Crippen LogP contribution in [-0.4, -0.2) is 58.7 Å². The monoisotopic (exact) mass is 508 g/mol. The molecule has 0 radical (unpaired) electrons. The van der Waals surface area contributed by atoms with E-state index in [9.17, 15) is 23.6 Å². The molecule has 0 unspecified atom stereocenters. The number of ether oxygens (including phenoxy) is 2. The van der Waals surface area contributed by atoms with Crippen molar-refractivity contribution in [2.45, 2.75) is 13.3 Å². The normalized spacial score (nSPS) is 11.0. The number of nitrogens with one attached hydrogen (secondary N) is 2. The van der Waals surface area contributed by atoms with Crippen LogP contribution in [0.25, 0.3) is 11.0 Å². The minimum atomic E-state index is -0.541. The average Bonchev–Trinajstić information content (AvgIpc) is 3.50. The molecule has 11 heteroatoms. The third-order valence-electron chi connectivity index (χ3n) is 5.55. The largest absolute Gasteiger partial charge is 0.491 e. The molecule has 4 aromatic rings. The Morgan fingerprint density at radius 1 is 0.919 bits per heavy atom. The molecular weight excluding hydrogens is 483 g/mol. The summed E-state index contributed by atoms with van der Waals surface area (Å²) < 4.78 is 27.7. The van der Waals surface area contributed by atoms with Gasteiger partial charge in [0, 0.05) is 42.8 Å². The third kappa shape index (κ3) is 6.19. The Bertz CT molecular complexity index is 1470. The zero-order chi connectivity index (χ0) is 26.4. The van der Waals surface area contributed by atoms with Crippen molar-refractivity contribution in [2.75, 3.05) is 26.4 Å². The molecule has 0 bridgehead atoms. The first-order valence-corrected chi connectivity index (χ1v) is 11.5. The fourth-order valence-electron chi connectivity index (χ4n) is 3.79. The Hall–Kier alpha value is -4.51. The first kappa shape index (κ1) is 25.6. The number of aromatic nitrogens is 2. The smallest absolute Gasteiger partial charge is 0.310 e. The van der Waals surface area contributed by atoms with E-state index in [1.807, 2.05) is 0 Å². The van der Waals surface area contributed by atoms with Gasteiger partial charge in [-0.1, -0.05) is 0 Å². The van der Waals surface area contributed by atoms with Crippen molar-refractivity contribution >= 4 is 34.5 Å². The summed E-state index contributed by atoms with van der Waals surface area (Å²) in [6, 6.07) is 9.25. The fourth-order valence-corrected chi connectivity index (χ4v) is 3.79. The molecular formula is C26H25FN4O6. The van der Waals surface area contributed by atoms with Crippen LogP contribution in [0.5, 0.6) is 5.75 Å². The lowest BCUT2D eigenvalue weighted by Gasteiger charge is -2.10. The lowest BCUT2D eigenvalue weighted by molar-refractivity contribution is -0.144. The molecule has 0 aromatic carbocycles. The van der Waals surface area contributed by atoms with Gasteiger partial charge in [0.25, 0.3) is 0 Å². The van der Waals surface area contributed by atoms with E-state index in [2.05, 4.69) is 10.6 Å². The molecule has 0 saturated carbocycles. The van der Waals surface area contributed by atoms with Crippen molar-refractivity contribution in [3.63, 3.8) is 0 Å². The molecule has 4 heterocycles. The molecule has 0 fully saturated rings. The Labute approximate surface area is 211 Å². The van der Waals surface area contributed by atoms with Gasteiger partial charge in [0.15, 0.2) is 11.6 Å². The van der Waals surface area contributed by atoms with Gasteiger partial charge in [-0.25, -0.2) is 4.39 Å². The molecule has 10 nitrogen and oxygen atoms in total. The van der Waals surface area contributed by atoms with Crippen molar-refractivity contribution < 1.29 is 33.0 Å². The standard InChI is InChI=1S/C26H25FN4O6/c1-17(32)29-15-23(34)20-6-11-31-8-2-3-24(26(20)31)36-12-7-25(35)37-16-28-14-22(33)19-5-10-30-9-4-18(27)13-21(19)30/h2-6,8-11,13,28H,7,12,14-16H2,1H3,(H,29,32). The van der Waals surface area contributed by atoms with Gasteiger partial charge in [-0.3, -0.25) is 24.5 Å². The van der Waals surface area contributed by atoms with E-state index in [0.717, 1.165) is 0 Å². The van der Waals surface area contributed by atoms with E-state index in [1.165, 1.54) is 25.3 Å². The van der Waals surface area contributed by atoms with Gasteiger partial charge in [-0.05, 0) is 36.4 Å². The van der Waals surface area contributed by atoms with Crippen molar-refractivity contribution in [1.29, 1.82) is 0 Å². The lowest BCUT2D eigenvalue weighted by atomic mass is 10.1. The van der Waals surface area contributed by atoms with Crippen LogP contribution in [0.4, 0.5) is 4.39 Å². The van der Waals surface area contributed by atoms with Gasteiger partial charge in [0.05, 0.1) is 37.2 Å². The third-order valence-corrected chi connectivity index (χ3v) is 5.55. The number of pyridine rings is 2. The van der Waals surface area contributed by atoms with Gasteiger partial charge in [0.2, 0.25) is 5.91 Å². The Kier molecular flexibility index (Phi) is 7.94. The van der Waals surface area contributed by atoms with Crippen LogP contribution < -0.4 is 15.4 Å². The first-order valence-electron chi connectivity index (χ1n) is 11.5. The second-order valence-electron chi connectivity index (χ2n) is 8.17. The highest BCUT2D eigenvalue weighted by Gasteiger charge is 2.16. The SMILES string of the molecule is CC(=O)NCC(=O)c1ccn2cccc(OCCC(=O)OCNCC(=O)c3ccn4ccc(F)cc34)c12. The number of hydrogen-bond donors (Lipinski definition) is 2. The maximum atomic E-state index is 13.5. The van der Waals surface area contributed by atoms with Crippen LogP contribution >= 0.6 is 0 Å². The second-order valence-corrected chi connectivity index (χ2v) is 8.17. The Balaban J connectivity index is 1.24. The molecule has 0 saturated heterocycles. The number of amides is 1. The summed E-state index contributed by atoms with van der Waals surface area (Å²) in [5.41, 5.74) is 1.74. The van der Waals surface area contributed by atoms with Gasteiger partial charge in [-0.15, -0.1) is 0 Å². The van der Waals surface area contributed by atoms with Crippen molar-refractivity contribution in [1.82, 2.24) is 19.4 Å². The molecule has 2 N–H and O–H groups in total. The second kappa shape index (κ2) is 11.5. The summed E-state index contributed by atoms with van der Waals surface area (Å²) in [7, 11) is 0. The first-order chi connectivity index (χ1) is 17.8. The number of hydrogen-bond acceptors (Lipinski definition) is 7. The highest BCUT2D eigenvalue weighted by molar-refractivity contribution is 6.06. The van der Waals surface area contributed by atoms with Crippen LogP contribution in [0, 0.1) is 5.82 Å². The van der Waals surface area contributed by atoms with E-state index < -0.39 is 11.8 Å². The topological polar surface area (TPSA) is 120 Å². The molecule has 0 aliphatic heterocycles. The predicted molar refractivity (Wildman–Crippen MR) is 131 cm³/mol. The molecule has 0 spiro atoms. The quantitative estimate of drug-likeness (QED) is 0.131. The van der Waals surface area contributed by atoms with Crippen LogP contribution in [0.3, 0.4) is 0 Å². The summed E-state index contributed by atoms with van der Waals surface area (Å²) >= 11 is 0. The van der Waals surface area contributed by atoms with Crippen molar-refractivity contribution in [3.05, 3.63) is 78.1 Å². The highest BCUT2D eigenvalue weighted by atomic mass is 19.1. The van der Waals surface area contributed by atoms with Crippen molar-refractivity contribution in [2.24, 2.45) is 0 Å². The molecule has 0 aliphatic carbocycles. The van der Waals surface area contributed by atoms with Crippen LogP contribution in [-0.2, 0) is 14.3 Å². The number of carbonyl (C=O) groups is 4. The number of halogens is 1. The van der Waals surface area contributed by atoms with Crippen molar-refractivity contribution in [3.8, 4) is 5.75 Å². The summed E-state index contributed by atoms with van der Waals surface area (Å²) in [4.78, 5) is 48.1. The summed E-state index contributed by atoms with van der Waals surface area (Å²) in [6.07, 6.45) is 6.60. The van der Waals surface area contributed by atoms with E-state index >= 15 is 0 Å². The Morgan fingerprint density at radius 3 is 2.46 bits per heavy atom. The summed E-state index contributed by atoms with van der Waals surface area (Å²) in [5, 5.41) is 5.23. The van der Waals surface area contributed by atoms with E-state index in [1.54, 1.807) is 51.7 Å². The average molecular weight is 509 g/mol. The summed E-state index contributed by atoms with van der Waals surface area (Å²) in [6.45, 7) is 0.929. The molecule has 4 rings (SSSR count). The molecule has 4 aromatic heterocycles. The number of Topliss-reactive ketones (excluding diaryl/α,β-unsaturated/α-hetero) is 2. The molecule has 0 atom stereocenters. The zero-order valence-electron chi connectivity index (χ0n) is 20.0. The number of carbonyl (C=O) groups excluding carboxylic acids is 4. The number of fused-ring (bicyclic) bond motifs is 2. The van der Waals surface area contributed by atoms with Gasteiger partial charge >= 0.3 is 5.97 Å². The minimum absolute atomic E-state index is 0.00420. The lowest BCUT2D eigenvalue weighted by Crippen LogP contribution is -2.27. The molecule has 192 valence electrons. The predicted octanol–water partition coefficient (Wildman–Crippen LogP) is 2.39. The van der Waals surface area contributed by atoms with E-state index in [-0.39, 0.29) is 50.3 Å². The van der Waals surface area contributed by atoms with E-state index in [4.69, 9.17) is 9.47 Å². The van der Waals surface area contributed by atoms with Crippen LogP contribution in [0.2, 0.25) is 0 Å². The van der Waals surface area contributed by atoms with Gasteiger partial charge in [0.1, 0.15) is 18.3 Å². The summed E-state index contributed by atoms with van der Waals surface area (Å²) in [5.74, 6) is -1.42. The van der Waals surface area contributed by atoms with Crippen LogP contribution in [0.1, 0.15) is 34.1 Å². The van der Waals surface area contributed by atoms with E-state index in [0.29, 0.717) is 27.9 Å². The maximum Gasteiger partial charge on any atom is 0.310 e. The highest BCUT2D eigenvalue weighted by Crippen LogP contribution is 2.25. The number of ketones is 2. The molecule has 1 amide bonds. The maximum absolute atomic E-state index is 13.5. The van der Waals surface area contributed by atoms with Gasteiger partial charge < -0.3 is 23.6 Å². The van der Waals surface area contributed by atoms with Crippen LogP contribution in [0.15, 0.2) is 61.2 Å². The minimum Gasteiger partial charge on any atom is -0.491 e. The molecule has 0 aliphatic rings. The number of nitrogens with zero attached hydrogens (tertiary/aromatic N) is 2.